The van der Waals surface area contributed by atoms with E-state index in [9.17, 15) is 8.42 Å². The largest absolute Gasteiger partial charge is 0.494 e. The Morgan fingerprint density at radius 1 is 1.38 bits per heavy atom. The van der Waals surface area contributed by atoms with Crippen molar-refractivity contribution in [3.8, 4) is 5.75 Å². The lowest BCUT2D eigenvalue weighted by Gasteiger charge is -2.11. The Labute approximate surface area is 123 Å². The molecule has 0 atom stereocenters. The number of nitrogens with zero attached hydrogens (tertiary/aromatic N) is 1. The van der Waals surface area contributed by atoms with Crippen molar-refractivity contribution in [1.29, 1.82) is 0 Å². The maximum Gasteiger partial charge on any atom is 0.240 e. The van der Waals surface area contributed by atoms with E-state index in [0.29, 0.717) is 23.7 Å². The van der Waals surface area contributed by atoms with Crippen LogP contribution in [0, 0.1) is 0 Å². The van der Waals surface area contributed by atoms with E-state index >= 15 is 0 Å². The van der Waals surface area contributed by atoms with Crippen molar-refractivity contribution in [2.75, 3.05) is 6.61 Å². The molecule has 0 amide bonds. The summed E-state index contributed by atoms with van der Waals surface area (Å²) in [6.45, 7) is 2.57. The summed E-state index contributed by atoms with van der Waals surface area (Å²) in [6, 6.07) is 6.18. The SMILES string of the molecule is CCOc1ccc(S(=O)(=O)NCc2ccno2)cc1CN. The number of benzene rings is 1. The van der Waals surface area contributed by atoms with E-state index < -0.39 is 10.0 Å². The fourth-order valence-corrected chi connectivity index (χ4v) is 2.81. The molecule has 0 spiro atoms. The molecule has 0 aliphatic rings. The highest BCUT2D eigenvalue weighted by Gasteiger charge is 2.16. The third-order valence-corrected chi connectivity index (χ3v) is 4.19. The topological polar surface area (TPSA) is 107 Å². The number of ether oxygens (including phenoxy) is 1. The quantitative estimate of drug-likeness (QED) is 0.790. The molecule has 7 nitrogen and oxygen atoms in total. The highest BCUT2D eigenvalue weighted by Crippen LogP contribution is 2.22. The molecule has 1 heterocycles. The second kappa shape index (κ2) is 6.70. The van der Waals surface area contributed by atoms with Crippen molar-refractivity contribution >= 4 is 10.0 Å². The molecule has 0 saturated carbocycles. The molecule has 1 aromatic heterocycles. The minimum absolute atomic E-state index is 0.0352. The summed E-state index contributed by atoms with van der Waals surface area (Å²) >= 11 is 0. The number of sulfonamides is 1. The van der Waals surface area contributed by atoms with Crippen LogP contribution in [0.2, 0.25) is 0 Å². The highest BCUT2D eigenvalue weighted by molar-refractivity contribution is 7.89. The first-order chi connectivity index (χ1) is 10.1. The van der Waals surface area contributed by atoms with E-state index in [0.717, 1.165) is 0 Å². The van der Waals surface area contributed by atoms with Gasteiger partial charge in [0, 0.05) is 18.2 Å². The summed E-state index contributed by atoms with van der Waals surface area (Å²) in [5.41, 5.74) is 6.26. The van der Waals surface area contributed by atoms with E-state index in [4.69, 9.17) is 15.0 Å². The van der Waals surface area contributed by atoms with Gasteiger partial charge in [-0.15, -0.1) is 0 Å². The minimum atomic E-state index is -3.65. The second-order valence-electron chi connectivity index (χ2n) is 4.21. The third-order valence-electron chi connectivity index (χ3n) is 2.79. The average molecular weight is 311 g/mol. The van der Waals surface area contributed by atoms with Gasteiger partial charge in [0.2, 0.25) is 10.0 Å². The van der Waals surface area contributed by atoms with Crippen LogP contribution in [0.25, 0.3) is 0 Å². The van der Waals surface area contributed by atoms with Gasteiger partial charge in [-0.3, -0.25) is 0 Å². The van der Waals surface area contributed by atoms with Crippen LogP contribution >= 0.6 is 0 Å². The summed E-state index contributed by atoms with van der Waals surface area (Å²) in [5.74, 6) is 1.03. The predicted octanol–water partition coefficient (Wildman–Crippen LogP) is 1.01. The van der Waals surface area contributed by atoms with Crippen LogP contribution in [0.1, 0.15) is 18.2 Å². The van der Waals surface area contributed by atoms with Gasteiger partial charge < -0.3 is 15.0 Å². The second-order valence-corrected chi connectivity index (χ2v) is 5.98. The molecule has 0 unspecified atom stereocenters. The molecule has 2 aromatic rings. The summed E-state index contributed by atoms with van der Waals surface area (Å²) < 4.78 is 37.1. The van der Waals surface area contributed by atoms with Crippen molar-refractivity contribution in [3.05, 3.63) is 41.8 Å². The van der Waals surface area contributed by atoms with Crippen molar-refractivity contribution in [1.82, 2.24) is 9.88 Å². The third kappa shape index (κ3) is 3.81. The molecule has 8 heteroatoms. The van der Waals surface area contributed by atoms with Crippen molar-refractivity contribution in [2.45, 2.75) is 24.9 Å². The van der Waals surface area contributed by atoms with Gasteiger partial charge in [-0.25, -0.2) is 13.1 Å². The van der Waals surface area contributed by atoms with E-state index in [2.05, 4.69) is 9.88 Å². The molecule has 0 bridgehead atoms. The van der Waals surface area contributed by atoms with Crippen LogP contribution in [-0.2, 0) is 23.1 Å². The number of aromatic nitrogens is 1. The molecule has 0 aliphatic carbocycles. The fraction of sp³-hybridized carbons (Fsp3) is 0.308. The van der Waals surface area contributed by atoms with Crippen LogP contribution in [0.4, 0.5) is 0 Å². The average Bonchev–Trinajstić information content (AvgIpc) is 2.99. The van der Waals surface area contributed by atoms with Crippen molar-refractivity contribution < 1.29 is 17.7 Å². The van der Waals surface area contributed by atoms with Gasteiger partial charge in [0.1, 0.15) is 5.75 Å². The Morgan fingerprint density at radius 3 is 2.81 bits per heavy atom. The van der Waals surface area contributed by atoms with Crippen LogP contribution in [0.5, 0.6) is 5.75 Å². The molecule has 21 heavy (non-hydrogen) atoms. The van der Waals surface area contributed by atoms with Gasteiger partial charge in [0.25, 0.3) is 0 Å². The zero-order chi connectivity index (χ0) is 15.3. The maximum atomic E-state index is 12.2. The minimum Gasteiger partial charge on any atom is -0.494 e. The van der Waals surface area contributed by atoms with Crippen LogP contribution in [0.3, 0.4) is 0 Å². The number of hydrogen-bond donors (Lipinski definition) is 2. The molecule has 3 N–H and O–H groups in total. The van der Waals surface area contributed by atoms with Gasteiger partial charge in [0.05, 0.1) is 24.2 Å². The number of rotatable bonds is 7. The van der Waals surface area contributed by atoms with Gasteiger partial charge in [-0.05, 0) is 25.1 Å². The standard InChI is InChI=1S/C13H17N3O4S/c1-2-19-13-4-3-12(7-10(13)8-14)21(17,18)16-9-11-5-6-15-20-11/h3-7,16H,2,8-9,14H2,1H3. The van der Waals surface area contributed by atoms with Gasteiger partial charge in [0.15, 0.2) is 5.76 Å². The Kier molecular flexibility index (Phi) is 4.94. The van der Waals surface area contributed by atoms with E-state index in [-0.39, 0.29) is 18.0 Å². The molecular weight excluding hydrogens is 294 g/mol. The van der Waals surface area contributed by atoms with Gasteiger partial charge >= 0.3 is 0 Å². The first-order valence-electron chi connectivity index (χ1n) is 6.42. The first kappa shape index (κ1) is 15.5. The number of nitrogens with one attached hydrogen (secondary N) is 1. The monoisotopic (exact) mass is 311 g/mol. The van der Waals surface area contributed by atoms with Crippen molar-refractivity contribution in [2.24, 2.45) is 5.73 Å². The maximum absolute atomic E-state index is 12.2. The number of nitrogens with two attached hydrogens (primary N) is 1. The zero-order valence-corrected chi connectivity index (χ0v) is 12.4. The lowest BCUT2D eigenvalue weighted by Crippen LogP contribution is -2.23. The Balaban J connectivity index is 2.19. The van der Waals surface area contributed by atoms with E-state index in [1.165, 1.54) is 18.3 Å². The van der Waals surface area contributed by atoms with Crippen LogP contribution in [0.15, 0.2) is 39.9 Å². The number of hydrogen-bond acceptors (Lipinski definition) is 6. The lowest BCUT2D eigenvalue weighted by molar-refractivity contribution is 0.336. The zero-order valence-electron chi connectivity index (χ0n) is 11.6. The predicted molar refractivity (Wildman–Crippen MR) is 76.0 cm³/mol. The summed E-state index contributed by atoms with van der Waals surface area (Å²) in [5, 5.41) is 3.51. The van der Waals surface area contributed by atoms with E-state index in [1.54, 1.807) is 12.1 Å². The Morgan fingerprint density at radius 2 is 2.19 bits per heavy atom. The van der Waals surface area contributed by atoms with E-state index in [1.807, 2.05) is 6.92 Å². The molecule has 1 aromatic carbocycles. The Bertz CT molecular complexity index is 683. The molecule has 0 saturated heterocycles. The normalized spacial score (nSPS) is 11.5. The first-order valence-corrected chi connectivity index (χ1v) is 7.90. The molecule has 0 aliphatic heterocycles. The summed E-state index contributed by atoms with van der Waals surface area (Å²) in [6.07, 6.45) is 1.45. The molecule has 0 fully saturated rings. The van der Waals surface area contributed by atoms with Crippen molar-refractivity contribution in [3.63, 3.8) is 0 Å². The Hall–Kier alpha value is -1.90. The van der Waals surface area contributed by atoms with Gasteiger partial charge in [-0.1, -0.05) is 5.16 Å². The van der Waals surface area contributed by atoms with Crippen LogP contribution < -0.4 is 15.2 Å². The lowest BCUT2D eigenvalue weighted by atomic mass is 10.2. The molecule has 114 valence electrons. The smallest absolute Gasteiger partial charge is 0.240 e. The van der Waals surface area contributed by atoms with Crippen LogP contribution in [-0.4, -0.2) is 20.2 Å². The molecule has 2 rings (SSSR count). The summed E-state index contributed by atoms with van der Waals surface area (Å²) in [4.78, 5) is 0.130. The van der Waals surface area contributed by atoms with Gasteiger partial charge in [-0.2, -0.15) is 0 Å². The molecular formula is C13H17N3O4S. The fourth-order valence-electron chi connectivity index (χ4n) is 1.76. The summed E-state index contributed by atoms with van der Waals surface area (Å²) in [7, 11) is -3.65. The highest BCUT2D eigenvalue weighted by atomic mass is 32.2. The molecule has 0 radical (unpaired) electrons.